The standard InChI is InChI=1S/C15H24N2O3S/c1-4-12(10-16)21(18,19)17-14-9-11-7-5-6-8-13(11)20-15(14,2)3/h5-8,12,14,17H,4,9-10,16H2,1-3H3. The van der Waals surface area contributed by atoms with Crippen molar-refractivity contribution in [3.63, 3.8) is 0 Å². The lowest BCUT2D eigenvalue weighted by molar-refractivity contribution is 0.0573. The molecule has 0 spiro atoms. The Morgan fingerprint density at radius 1 is 1.43 bits per heavy atom. The van der Waals surface area contributed by atoms with E-state index in [1.165, 1.54) is 0 Å². The van der Waals surface area contributed by atoms with Crippen LogP contribution in [0.1, 0.15) is 32.8 Å². The Kier molecular flexibility index (Phi) is 4.60. The van der Waals surface area contributed by atoms with Crippen molar-refractivity contribution in [3.8, 4) is 5.75 Å². The smallest absolute Gasteiger partial charge is 0.216 e. The third-order valence-corrected chi connectivity index (χ3v) is 6.09. The van der Waals surface area contributed by atoms with Crippen LogP contribution in [0.15, 0.2) is 24.3 Å². The monoisotopic (exact) mass is 312 g/mol. The molecule has 0 fully saturated rings. The molecule has 2 unspecified atom stereocenters. The highest BCUT2D eigenvalue weighted by Gasteiger charge is 2.40. The number of fused-ring (bicyclic) bond motifs is 1. The number of rotatable bonds is 5. The second-order valence-corrected chi connectivity index (χ2v) is 7.99. The fraction of sp³-hybridized carbons (Fsp3) is 0.600. The molecule has 2 atom stereocenters. The normalized spacial score (nSPS) is 22.2. The number of benzene rings is 1. The first kappa shape index (κ1) is 16.3. The number of hydrogen-bond donors (Lipinski definition) is 2. The van der Waals surface area contributed by atoms with Crippen molar-refractivity contribution in [3.05, 3.63) is 29.8 Å². The van der Waals surface area contributed by atoms with Crippen molar-refractivity contribution < 1.29 is 13.2 Å². The Morgan fingerprint density at radius 2 is 2.10 bits per heavy atom. The van der Waals surface area contributed by atoms with E-state index in [-0.39, 0.29) is 12.6 Å². The first-order chi connectivity index (χ1) is 9.80. The summed E-state index contributed by atoms with van der Waals surface area (Å²) in [6.07, 6.45) is 1.11. The zero-order valence-corrected chi connectivity index (χ0v) is 13.6. The molecule has 5 nitrogen and oxygen atoms in total. The topological polar surface area (TPSA) is 81.4 Å². The summed E-state index contributed by atoms with van der Waals surface area (Å²) in [4.78, 5) is 0. The van der Waals surface area contributed by atoms with Gasteiger partial charge in [-0.05, 0) is 38.3 Å². The van der Waals surface area contributed by atoms with Crippen LogP contribution in [0.5, 0.6) is 5.75 Å². The van der Waals surface area contributed by atoms with Gasteiger partial charge < -0.3 is 10.5 Å². The van der Waals surface area contributed by atoms with Gasteiger partial charge in [-0.3, -0.25) is 0 Å². The second-order valence-electron chi connectivity index (χ2n) is 6.00. The van der Waals surface area contributed by atoms with Gasteiger partial charge in [-0.25, -0.2) is 13.1 Å². The Morgan fingerprint density at radius 3 is 2.71 bits per heavy atom. The molecule has 0 saturated heterocycles. The SMILES string of the molecule is CCC(CN)S(=O)(=O)NC1Cc2ccccc2OC1(C)C. The molecule has 2 rings (SSSR count). The molecule has 0 aromatic heterocycles. The molecule has 1 aliphatic heterocycles. The van der Waals surface area contributed by atoms with E-state index >= 15 is 0 Å². The van der Waals surface area contributed by atoms with Crippen LogP contribution >= 0.6 is 0 Å². The average molecular weight is 312 g/mol. The van der Waals surface area contributed by atoms with Crippen molar-refractivity contribution in [2.75, 3.05) is 6.54 Å². The summed E-state index contributed by atoms with van der Waals surface area (Å²) in [5.41, 5.74) is 5.98. The minimum Gasteiger partial charge on any atom is -0.486 e. The van der Waals surface area contributed by atoms with E-state index < -0.39 is 20.9 Å². The minimum absolute atomic E-state index is 0.121. The highest BCUT2D eigenvalue weighted by Crippen LogP contribution is 2.33. The molecule has 21 heavy (non-hydrogen) atoms. The molecule has 3 N–H and O–H groups in total. The third-order valence-electron chi connectivity index (χ3n) is 4.07. The number of sulfonamides is 1. The second kappa shape index (κ2) is 5.94. The summed E-state index contributed by atoms with van der Waals surface area (Å²) < 4.78 is 33.6. The predicted octanol–water partition coefficient (Wildman–Crippen LogP) is 1.43. The Hall–Kier alpha value is -1.11. The quantitative estimate of drug-likeness (QED) is 0.861. The minimum atomic E-state index is -3.45. The molecule has 1 aromatic carbocycles. The Balaban J connectivity index is 2.24. The predicted molar refractivity (Wildman–Crippen MR) is 83.8 cm³/mol. The lowest BCUT2D eigenvalue weighted by Gasteiger charge is -2.40. The third kappa shape index (κ3) is 3.39. The lowest BCUT2D eigenvalue weighted by Crippen LogP contribution is -2.57. The van der Waals surface area contributed by atoms with Crippen LogP contribution in [0.25, 0.3) is 0 Å². The van der Waals surface area contributed by atoms with Gasteiger partial charge in [0.1, 0.15) is 11.4 Å². The number of hydrogen-bond acceptors (Lipinski definition) is 4. The largest absolute Gasteiger partial charge is 0.486 e. The lowest BCUT2D eigenvalue weighted by atomic mass is 9.89. The molecule has 0 radical (unpaired) electrons. The Bertz CT molecular complexity index is 595. The van der Waals surface area contributed by atoms with Gasteiger partial charge in [0, 0.05) is 6.54 Å². The van der Waals surface area contributed by atoms with Gasteiger partial charge in [0.2, 0.25) is 10.0 Å². The summed E-state index contributed by atoms with van der Waals surface area (Å²) >= 11 is 0. The van der Waals surface area contributed by atoms with E-state index in [2.05, 4.69) is 4.72 Å². The first-order valence-electron chi connectivity index (χ1n) is 7.28. The van der Waals surface area contributed by atoms with E-state index in [1.54, 1.807) is 0 Å². The fourth-order valence-electron chi connectivity index (χ4n) is 2.58. The van der Waals surface area contributed by atoms with E-state index in [1.807, 2.05) is 45.0 Å². The summed E-state index contributed by atoms with van der Waals surface area (Å²) in [5.74, 6) is 0.823. The van der Waals surface area contributed by atoms with Crippen LogP contribution in [-0.4, -0.2) is 31.9 Å². The van der Waals surface area contributed by atoms with Gasteiger partial charge in [-0.2, -0.15) is 0 Å². The highest BCUT2D eigenvalue weighted by atomic mass is 32.2. The van der Waals surface area contributed by atoms with Crippen LogP contribution < -0.4 is 15.2 Å². The van der Waals surface area contributed by atoms with Gasteiger partial charge in [0.25, 0.3) is 0 Å². The van der Waals surface area contributed by atoms with E-state index in [0.29, 0.717) is 12.8 Å². The molecule has 1 heterocycles. The number of para-hydroxylation sites is 1. The van der Waals surface area contributed by atoms with E-state index in [4.69, 9.17) is 10.5 Å². The summed E-state index contributed by atoms with van der Waals surface area (Å²) in [5, 5.41) is -0.564. The highest BCUT2D eigenvalue weighted by molar-refractivity contribution is 7.90. The average Bonchev–Trinajstić information content (AvgIpc) is 2.39. The van der Waals surface area contributed by atoms with Crippen LogP contribution in [0, 0.1) is 0 Å². The number of ether oxygens (including phenoxy) is 1. The zero-order chi connectivity index (χ0) is 15.7. The molecule has 1 aromatic rings. The molecular weight excluding hydrogens is 288 g/mol. The van der Waals surface area contributed by atoms with Gasteiger partial charge in [0.15, 0.2) is 0 Å². The molecule has 0 amide bonds. The van der Waals surface area contributed by atoms with Crippen LogP contribution in [0.3, 0.4) is 0 Å². The van der Waals surface area contributed by atoms with Crippen molar-refractivity contribution in [2.24, 2.45) is 5.73 Å². The van der Waals surface area contributed by atoms with E-state index in [0.717, 1.165) is 11.3 Å². The number of nitrogens with two attached hydrogens (primary N) is 1. The molecular formula is C15H24N2O3S. The zero-order valence-electron chi connectivity index (χ0n) is 12.8. The van der Waals surface area contributed by atoms with Crippen LogP contribution in [0.2, 0.25) is 0 Å². The first-order valence-corrected chi connectivity index (χ1v) is 8.83. The molecule has 0 bridgehead atoms. The van der Waals surface area contributed by atoms with Gasteiger partial charge >= 0.3 is 0 Å². The van der Waals surface area contributed by atoms with Gasteiger partial charge in [-0.1, -0.05) is 25.1 Å². The number of nitrogens with one attached hydrogen (secondary N) is 1. The van der Waals surface area contributed by atoms with Crippen molar-refractivity contribution >= 4 is 10.0 Å². The summed E-state index contributed by atoms with van der Waals surface area (Å²) in [6, 6.07) is 7.42. The van der Waals surface area contributed by atoms with Gasteiger partial charge in [-0.15, -0.1) is 0 Å². The van der Waals surface area contributed by atoms with Crippen LogP contribution in [0.4, 0.5) is 0 Å². The maximum Gasteiger partial charge on any atom is 0.216 e. The summed E-state index contributed by atoms with van der Waals surface area (Å²) in [6.45, 7) is 5.75. The molecule has 6 heteroatoms. The molecule has 0 aliphatic carbocycles. The summed E-state index contributed by atoms with van der Waals surface area (Å²) in [7, 11) is -3.45. The molecule has 1 aliphatic rings. The van der Waals surface area contributed by atoms with Crippen molar-refractivity contribution in [2.45, 2.75) is 50.5 Å². The molecule has 118 valence electrons. The Labute approximate surface area is 126 Å². The van der Waals surface area contributed by atoms with E-state index in [9.17, 15) is 8.42 Å². The van der Waals surface area contributed by atoms with Crippen molar-refractivity contribution in [1.82, 2.24) is 4.72 Å². The fourth-order valence-corrected chi connectivity index (χ4v) is 4.23. The maximum absolute atomic E-state index is 12.4. The molecule has 0 saturated carbocycles. The maximum atomic E-state index is 12.4. The van der Waals surface area contributed by atoms with Crippen molar-refractivity contribution in [1.29, 1.82) is 0 Å². The van der Waals surface area contributed by atoms with Crippen LogP contribution in [-0.2, 0) is 16.4 Å². The van der Waals surface area contributed by atoms with Gasteiger partial charge in [0.05, 0.1) is 11.3 Å².